The molecular weight excluding hydrogens is 620 g/mol. The van der Waals surface area contributed by atoms with Crippen molar-refractivity contribution in [1.29, 1.82) is 0 Å². The van der Waals surface area contributed by atoms with Gasteiger partial charge in [-0.3, -0.25) is 9.59 Å². The molecule has 0 radical (unpaired) electrons. The Morgan fingerprint density at radius 3 is 1.70 bits per heavy atom. The molecule has 5 rings (SSSR count). The van der Waals surface area contributed by atoms with Crippen LogP contribution in [0.3, 0.4) is 0 Å². The summed E-state index contributed by atoms with van der Waals surface area (Å²) in [7, 11) is -4.34. The van der Waals surface area contributed by atoms with Crippen LogP contribution in [0, 0.1) is 0 Å². The van der Waals surface area contributed by atoms with Gasteiger partial charge in [-0.2, -0.15) is 0 Å². The number of aromatic hydroxyl groups is 1. The van der Waals surface area contributed by atoms with E-state index in [0.29, 0.717) is 41.5 Å². The predicted octanol–water partition coefficient (Wildman–Crippen LogP) is 6.54. The van der Waals surface area contributed by atoms with Crippen LogP contribution < -0.4 is 20.1 Å². The van der Waals surface area contributed by atoms with Crippen LogP contribution in [0.15, 0.2) is 95.9 Å². The molecule has 4 aromatic carbocycles. The number of ether oxygens (including phenoxy) is 2. The maximum Gasteiger partial charge on any atom is 0.270 e. The predicted molar refractivity (Wildman–Crippen MR) is 180 cm³/mol. The van der Waals surface area contributed by atoms with E-state index >= 15 is 0 Å². The number of aromatic nitrogens is 2. The molecule has 0 atom stereocenters. The van der Waals surface area contributed by atoms with Crippen LogP contribution in [0.25, 0.3) is 33.9 Å². The van der Waals surface area contributed by atoms with E-state index in [4.69, 9.17) is 14.5 Å². The highest BCUT2D eigenvalue weighted by atomic mass is 32.2. The normalized spacial score (nSPS) is 11.1. The summed E-state index contributed by atoms with van der Waals surface area (Å²) in [6.07, 6.45) is 0. The Balaban J connectivity index is 1.90. The van der Waals surface area contributed by atoms with Crippen molar-refractivity contribution in [3.63, 3.8) is 0 Å². The smallest absolute Gasteiger partial charge is 0.270 e. The lowest BCUT2D eigenvalue weighted by Crippen LogP contribution is -2.16. The number of phenols is 1. The van der Waals surface area contributed by atoms with Crippen LogP contribution in [-0.2, 0) is 19.6 Å². The molecule has 0 aliphatic rings. The average Bonchev–Trinajstić information content (AvgIpc) is 3.46. The van der Waals surface area contributed by atoms with Gasteiger partial charge in [0.1, 0.15) is 11.5 Å². The number of hydrogen-bond acceptors (Lipinski definition) is 8. The van der Waals surface area contributed by atoms with Crippen molar-refractivity contribution in [2.75, 3.05) is 23.8 Å². The number of amides is 2. The van der Waals surface area contributed by atoms with Crippen LogP contribution in [0.1, 0.15) is 27.7 Å². The lowest BCUT2D eigenvalue weighted by atomic mass is 10.0. The van der Waals surface area contributed by atoms with E-state index in [-0.39, 0.29) is 33.4 Å². The van der Waals surface area contributed by atoms with Gasteiger partial charge in [0.15, 0.2) is 11.6 Å². The molecule has 47 heavy (non-hydrogen) atoms. The van der Waals surface area contributed by atoms with E-state index in [2.05, 4.69) is 10.6 Å². The molecular formula is C35H34N4O7S. The summed E-state index contributed by atoms with van der Waals surface area (Å²) in [6.45, 7) is 7.20. The first kappa shape index (κ1) is 32.8. The van der Waals surface area contributed by atoms with Crippen molar-refractivity contribution in [3.05, 3.63) is 91.0 Å². The maximum absolute atomic E-state index is 14.7. The number of imidazole rings is 1. The number of anilines is 2. The van der Waals surface area contributed by atoms with E-state index < -0.39 is 27.6 Å². The van der Waals surface area contributed by atoms with Gasteiger partial charge in [-0.15, -0.1) is 0 Å². The number of hydrogen-bond donors (Lipinski definition) is 3. The van der Waals surface area contributed by atoms with Gasteiger partial charge in [-0.05, 0) is 86.6 Å². The third-order valence-corrected chi connectivity index (χ3v) is 8.69. The Hall–Kier alpha value is -5.62. The van der Waals surface area contributed by atoms with Crippen molar-refractivity contribution >= 4 is 33.2 Å². The fraction of sp³-hybridized carbons (Fsp3) is 0.171. The first-order valence-corrected chi connectivity index (χ1v) is 16.3. The molecule has 0 saturated carbocycles. The Morgan fingerprint density at radius 2 is 1.23 bits per heavy atom. The van der Waals surface area contributed by atoms with Gasteiger partial charge in [0, 0.05) is 30.5 Å². The highest BCUT2D eigenvalue weighted by Gasteiger charge is 2.31. The quantitative estimate of drug-likeness (QED) is 0.136. The first-order valence-electron chi connectivity index (χ1n) is 14.9. The molecule has 1 aromatic heterocycles. The number of carbonyl (C=O) groups excluding carboxylic acids is 2. The number of nitrogens with zero attached hydrogens (tertiary/aromatic N) is 2. The van der Waals surface area contributed by atoms with Crippen molar-refractivity contribution in [1.82, 2.24) is 8.96 Å². The summed E-state index contributed by atoms with van der Waals surface area (Å²) < 4.78 is 41.7. The number of carbonyl (C=O) groups is 2. The van der Waals surface area contributed by atoms with E-state index in [1.807, 2.05) is 13.8 Å². The average molecular weight is 655 g/mol. The van der Waals surface area contributed by atoms with Crippen LogP contribution in [0.4, 0.5) is 11.4 Å². The van der Waals surface area contributed by atoms with E-state index in [0.717, 1.165) is 3.97 Å². The first-order chi connectivity index (χ1) is 22.5. The van der Waals surface area contributed by atoms with Crippen LogP contribution in [0.2, 0.25) is 0 Å². The molecule has 2 amide bonds. The van der Waals surface area contributed by atoms with E-state index in [1.165, 1.54) is 38.1 Å². The maximum atomic E-state index is 14.7. The minimum Gasteiger partial charge on any atom is -0.504 e. The zero-order valence-electron chi connectivity index (χ0n) is 26.3. The summed E-state index contributed by atoms with van der Waals surface area (Å²) in [5.41, 5.74) is 1.82. The summed E-state index contributed by atoms with van der Waals surface area (Å²) in [6, 6.07) is 24.9. The molecule has 1 heterocycles. The third kappa shape index (κ3) is 6.97. The van der Waals surface area contributed by atoms with Gasteiger partial charge in [0.2, 0.25) is 11.8 Å². The third-order valence-electron chi connectivity index (χ3n) is 6.99. The molecule has 3 N–H and O–H groups in total. The number of phenolic OH excluding ortho intramolecular Hbond substituents is 1. The molecule has 0 unspecified atom stereocenters. The molecule has 0 bridgehead atoms. The van der Waals surface area contributed by atoms with Crippen LogP contribution in [-0.4, -0.2) is 47.5 Å². The zero-order valence-corrected chi connectivity index (χ0v) is 27.1. The fourth-order valence-electron chi connectivity index (χ4n) is 5.06. The number of nitrogens with one attached hydrogen (secondary N) is 2. The standard InChI is InChI=1S/C35H34N4O7S/c1-5-45-27-16-12-24(13-17-27)32-33(25-14-18-28(19-15-25)46-6-2)39(47(43,44)29-10-8-7-9-11-29)35(38-32)26-20-30(36-22(3)40)34(42)31(21-26)37-23(4)41/h7-21,42H,5-6H2,1-4H3,(H,36,40)(H,37,41). The zero-order chi connectivity index (χ0) is 33.7. The van der Waals surface area contributed by atoms with Gasteiger partial charge in [-0.1, -0.05) is 18.2 Å². The largest absolute Gasteiger partial charge is 0.504 e. The van der Waals surface area contributed by atoms with Gasteiger partial charge in [0.25, 0.3) is 10.0 Å². The summed E-state index contributed by atoms with van der Waals surface area (Å²) in [5, 5.41) is 16.0. The molecule has 5 aromatic rings. The lowest BCUT2D eigenvalue weighted by molar-refractivity contribution is -0.115. The van der Waals surface area contributed by atoms with Gasteiger partial charge in [0.05, 0.1) is 40.9 Å². The minimum absolute atomic E-state index is 0.00651. The van der Waals surface area contributed by atoms with Gasteiger partial charge in [-0.25, -0.2) is 17.4 Å². The summed E-state index contributed by atoms with van der Waals surface area (Å²) >= 11 is 0. The molecule has 0 aliphatic heterocycles. The molecule has 0 aliphatic carbocycles. The fourth-order valence-corrected chi connectivity index (χ4v) is 6.58. The second-order valence-corrected chi connectivity index (χ2v) is 12.2. The number of benzene rings is 4. The Bertz CT molecular complexity index is 1990. The Morgan fingerprint density at radius 1 is 0.745 bits per heavy atom. The molecule has 0 spiro atoms. The monoisotopic (exact) mass is 654 g/mol. The van der Waals surface area contributed by atoms with Gasteiger partial charge >= 0.3 is 0 Å². The second-order valence-electron chi connectivity index (χ2n) is 10.4. The van der Waals surface area contributed by atoms with Crippen LogP contribution in [0.5, 0.6) is 17.2 Å². The summed E-state index contributed by atoms with van der Waals surface area (Å²) in [4.78, 5) is 29.1. The van der Waals surface area contributed by atoms with Crippen molar-refractivity contribution in [3.8, 4) is 51.2 Å². The van der Waals surface area contributed by atoms with E-state index in [9.17, 15) is 23.1 Å². The lowest BCUT2D eigenvalue weighted by Gasteiger charge is -2.17. The molecule has 0 fully saturated rings. The Kier molecular flexibility index (Phi) is 9.62. The topological polar surface area (TPSA) is 149 Å². The molecule has 12 heteroatoms. The molecule has 242 valence electrons. The number of rotatable bonds is 11. The van der Waals surface area contributed by atoms with E-state index in [1.54, 1.807) is 66.7 Å². The van der Waals surface area contributed by atoms with Crippen molar-refractivity contribution < 1.29 is 32.6 Å². The van der Waals surface area contributed by atoms with Gasteiger partial charge < -0.3 is 25.2 Å². The minimum atomic E-state index is -4.34. The molecule has 0 saturated heterocycles. The van der Waals surface area contributed by atoms with Crippen molar-refractivity contribution in [2.24, 2.45) is 0 Å². The van der Waals surface area contributed by atoms with Crippen molar-refractivity contribution in [2.45, 2.75) is 32.6 Å². The highest BCUT2D eigenvalue weighted by Crippen LogP contribution is 2.43. The van der Waals surface area contributed by atoms with Crippen LogP contribution >= 0.6 is 0 Å². The molecule has 11 nitrogen and oxygen atoms in total. The Labute approximate surface area is 272 Å². The second kappa shape index (κ2) is 13.8. The summed E-state index contributed by atoms with van der Waals surface area (Å²) in [5.74, 6) is -0.168. The SMILES string of the molecule is CCOc1ccc(-c2nc(-c3cc(NC(C)=O)c(O)c(NC(C)=O)c3)n(S(=O)(=O)c3ccccc3)c2-c2ccc(OCC)cc2)cc1. The highest BCUT2D eigenvalue weighted by molar-refractivity contribution is 7.90.